The fourth-order valence-electron chi connectivity index (χ4n) is 0.543. The molecule has 0 aliphatic carbocycles. The standard InChI is InChI=1S/C8H20N3/c1-5(2)7(9)11-8(10)6(3)4/h5-8H,9-10H2,1-4H3. The minimum Gasteiger partial charge on any atom is -0.314 e. The van der Waals surface area contributed by atoms with Crippen LogP contribution in [0.25, 0.3) is 0 Å². The maximum Gasteiger partial charge on any atom is 0.0752 e. The van der Waals surface area contributed by atoms with Crippen LogP contribution in [0.2, 0.25) is 0 Å². The van der Waals surface area contributed by atoms with Crippen molar-refractivity contribution in [1.82, 2.24) is 5.32 Å². The van der Waals surface area contributed by atoms with Crippen molar-refractivity contribution in [3.05, 3.63) is 0 Å². The van der Waals surface area contributed by atoms with Crippen LogP contribution in [-0.4, -0.2) is 12.3 Å². The van der Waals surface area contributed by atoms with Crippen molar-refractivity contribution >= 4 is 0 Å². The van der Waals surface area contributed by atoms with E-state index >= 15 is 0 Å². The van der Waals surface area contributed by atoms with E-state index in [1.807, 2.05) is 27.7 Å². The molecule has 0 aliphatic heterocycles. The molecule has 0 saturated carbocycles. The lowest BCUT2D eigenvalue weighted by Gasteiger charge is -2.22. The van der Waals surface area contributed by atoms with Crippen molar-refractivity contribution in [1.29, 1.82) is 0 Å². The summed E-state index contributed by atoms with van der Waals surface area (Å²) in [4.78, 5) is 0. The summed E-state index contributed by atoms with van der Waals surface area (Å²) in [5.74, 6) is 0.750. The SMILES string of the molecule is CC(C)C(N)[N]C(N)C(C)C. The van der Waals surface area contributed by atoms with Crippen LogP contribution in [0.3, 0.4) is 0 Å². The van der Waals surface area contributed by atoms with E-state index in [2.05, 4.69) is 5.32 Å². The highest BCUT2D eigenvalue weighted by molar-refractivity contribution is 4.69. The lowest BCUT2D eigenvalue weighted by Crippen LogP contribution is -2.48. The molecule has 0 aromatic rings. The normalized spacial score (nSPS) is 17.5. The van der Waals surface area contributed by atoms with Crippen LogP contribution in [0, 0.1) is 11.8 Å². The van der Waals surface area contributed by atoms with Crippen molar-refractivity contribution in [2.45, 2.75) is 40.0 Å². The van der Waals surface area contributed by atoms with Gasteiger partial charge in [-0.05, 0) is 11.8 Å². The number of nitrogens with two attached hydrogens (primary N) is 2. The quantitative estimate of drug-likeness (QED) is 0.624. The second kappa shape index (κ2) is 4.70. The zero-order valence-electron chi connectivity index (χ0n) is 7.91. The summed E-state index contributed by atoms with van der Waals surface area (Å²) in [6.45, 7) is 8.17. The van der Waals surface area contributed by atoms with Gasteiger partial charge < -0.3 is 11.5 Å². The lowest BCUT2D eigenvalue weighted by molar-refractivity contribution is 0.306. The summed E-state index contributed by atoms with van der Waals surface area (Å²) in [5, 5.41) is 4.23. The molecule has 2 atom stereocenters. The highest BCUT2D eigenvalue weighted by Crippen LogP contribution is 2.01. The van der Waals surface area contributed by atoms with Gasteiger partial charge in [0.1, 0.15) is 0 Å². The zero-order valence-corrected chi connectivity index (χ0v) is 7.91. The van der Waals surface area contributed by atoms with Gasteiger partial charge in [-0.3, -0.25) is 0 Å². The van der Waals surface area contributed by atoms with Crippen LogP contribution < -0.4 is 16.8 Å². The van der Waals surface area contributed by atoms with Crippen molar-refractivity contribution in [2.24, 2.45) is 23.3 Å². The van der Waals surface area contributed by atoms with Gasteiger partial charge in [0.2, 0.25) is 0 Å². The van der Waals surface area contributed by atoms with E-state index in [1.54, 1.807) is 0 Å². The van der Waals surface area contributed by atoms with Gasteiger partial charge >= 0.3 is 0 Å². The molecule has 0 rings (SSSR count). The zero-order chi connectivity index (χ0) is 9.02. The van der Waals surface area contributed by atoms with Gasteiger partial charge in [-0.1, -0.05) is 27.7 Å². The molecule has 3 nitrogen and oxygen atoms in total. The molecule has 0 saturated heterocycles. The van der Waals surface area contributed by atoms with E-state index in [1.165, 1.54) is 0 Å². The second-order valence-electron chi connectivity index (χ2n) is 3.62. The predicted octanol–water partition coefficient (Wildman–Crippen LogP) is 0.472. The van der Waals surface area contributed by atoms with Crippen LogP contribution >= 0.6 is 0 Å². The maximum atomic E-state index is 5.71. The van der Waals surface area contributed by atoms with Crippen molar-refractivity contribution in [2.75, 3.05) is 0 Å². The van der Waals surface area contributed by atoms with Crippen LogP contribution in [0.1, 0.15) is 27.7 Å². The van der Waals surface area contributed by atoms with Gasteiger partial charge in [0, 0.05) is 0 Å². The first-order chi connectivity index (χ1) is 4.95. The fourth-order valence-corrected chi connectivity index (χ4v) is 0.543. The maximum absolute atomic E-state index is 5.71. The molecule has 0 amide bonds. The Hall–Kier alpha value is -0.120. The summed E-state index contributed by atoms with van der Waals surface area (Å²) < 4.78 is 0. The predicted molar refractivity (Wildman–Crippen MR) is 47.8 cm³/mol. The topological polar surface area (TPSA) is 66.1 Å². The van der Waals surface area contributed by atoms with E-state index in [0.717, 1.165) is 0 Å². The van der Waals surface area contributed by atoms with E-state index in [0.29, 0.717) is 11.8 Å². The molecule has 0 fully saturated rings. The summed E-state index contributed by atoms with van der Waals surface area (Å²) in [5.41, 5.74) is 11.4. The average molecular weight is 158 g/mol. The number of hydrogen-bond donors (Lipinski definition) is 2. The highest BCUT2D eigenvalue weighted by Gasteiger charge is 2.14. The summed E-state index contributed by atoms with van der Waals surface area (Å²) in [6, 6.07) is 0. The fraction of sp³-hybridized carbons (Fsp3) is 1.00. The molecule has 0 bridgehead atoms. The number of hydrogen-bond acceptors (Lipinski definition) is 2. The monoisotopic (exact) mass is 158 g/mol. The molecule has 2 unspecified atom stereocenters. The summed E-state index contributed by atoms with van der Waals surface area (Å²) in [7, 11) is 0. The minimum absolute atomic E-state index is 0.118. The van der Waals surface area contributed by atoms with Crippen molar-refractivity contribution in [3.8, 4) is 0 Å². The summed E-state index contributed by atoms with van der Waals surface area (Å²) >= 11 is 0. The third-order valence-electron chi connectivity index (χ3n) is 1.71. The highest BCUT2D eigenvalue weighted by atomic mass is 15.1. The molecule has 4 N–H and O–H groups in total. The molecule has 67 valence electrons. The largest absolute Gasteiger partial charge is 0.314 e. The first-order valence-electron chi connectivity index (χ1n) is 4.16. The molecule has 3 heteroatoms. The molecule has 0 aliphatic rings. The van der Waals surface area contributed by atoms with Gasteiger partial charge in [0.05, 0.1) is 12.3 Å². The molecule has 0 spiro atoms. The van der Waals surface area contributed by atoms with Gasteiger partial charge in [-0.15, -0.1) is 0 Å². The lowest BCUT2D eigenvalue weighted by atomic mass is 10.1. The van der Waals surface area contributed by atoms with Gasteiger partial charge in [0.15, 0.2) is 0 Å². The molecular formula is C8H20N3. The van der Waals surface area contributed by atoms with Crippen LogP contribution in [0.4, 0.5) is 0 Å². The minimum atomic E-state index is -0.118. The average Bonchev–Trinajstić information content (AvgIpc) is 1.87. The third-order valence-corrected chi connectivity index (χ3v) is 1.71. The number of nitrogens with zero attached hydrogens (tertiary/aromatic N) is 1. The Labute approximate surface area is 69.5 Å². The second-order valence-corrected chi connectivity index (χ2v) is 3.62. The molecule has 0 heterocycles. The van der Waals surface area contributed by atoms with Gasteiger partial charge in [-0.25, -0.2) is 5.32 Å². The van der Waals surface area contributed by atoms with Crippen LogP contribution in [0.15, 0.2) is 0 Å². The van der Waals surface area contributed by atoms with Crippen molar-refractivity contribution in [3.63, 3.8) is 0 Å². The first-order valence-corrected chi connectivity index (χ1v) is 4.16. The Morgan fingerprint density at radius 1 is 0.818 bits per heavy atom. The molecule has 11 heavy (non-hydrogen) atoms. The Balaban J connectivity index is 3.66. The third kappa shape index (κ3) is 4.35. The van der Waals surface area contributed by atoms with E-state index in [-0.39, 0.29) is 12.3 Å². The number of rotatable bonds is 4. The molecule has 1 radical (unpaired) electrons. The molecule has 0 aromatic carbocycles. The first kappa shape index (κ1) is 10.9. The van der Waals surface area contributed by atoms with Gasteiger partial charge in [-0.2, -0.15) is 0 Å². The molecular weight excluding hydrogens is 138 g/mol. The Morgan fingerprint density at radius 2 is 1.09 bits per heavy atom. The van der Waals surface area contributed by atoms with E-state index in [4.69, 9.17) is 11.5 Å². The Morgan fingerprint density at radius 3 is 1.27 bits per heavy atom. The van der Waals surface area contributed by atoms with Crippen LogP contribution in [0.5, 0.6) is 0 Å². The smallest absolute Gasteiger partial charge is 0.0752 e. The Bertz CT molecular complexity index is 89.5. The van der Waals surface area contributed by atoms with E-state index in [9.17, 15) is 0 Å². The van der Waals surface area contributed by atoms with Crippen LogP contribution in [-0.2, 0) is 0 Å². The summed E-state index contributed by atoms with van der Waals surface area (Å²) in [6.07, 6.45) is -0.236. The molecule has 0 aromatic heterocycles. The van der Waals surface area contributed by atoms with Crippen molar-refractivity contribution < 1.29 is 0 Å². The Kier molecular flexibility index (Phi) is 4.65. The van der Waals surface area contributed by atoms with E-state index < -0.39 is 0 Å². The van der Waals surface area contributed by atoms with Gasteiger partial charge in [0.25, 0.3) is 0 Å².